The highest BCUT2D eigenvalue weighted by Crippen LogP contribution is 2.42. The highest BCUT2D eigenvalue weighted by Gasteiger charge is 2.22. The molecule has 0 bridgehead atoms. The molecule has 48 heavy (non-hydrogen) atoms. The van der Waals surface area contributed by atoms with Crippen LogP contribution < -0.4 is 0 Å². The summed E-state index contributed by atoms with van der Waals surface area (Å²) in [5.74, 6) is 0.660. The number of fused-ring (bicyclic) bond motifs is 8. The van der Waals surface area contributed by atoms with Crippen LogP contribution in [0.4, 0.5) is 0 Å². The van der Waals surface area contributed by atoms with Crippen molar-refractivity contribution in [2.75, 3.05) is 0 Å². The van der Waals surface area contributed by atoms with E-state index in [2.05, 4.69) is 167 Å². The fourth-order valence-corrected chi connectivity index (χ4v) is 7.41. The molecule has 0 aliphatic heterocycles. The van der Waals surface area contributed by atoms with Gasteiger partial charge in [-0.15, -0.1) is 0 Å². The third kappa shape index (κ3) is 3.96. The fourth-order valence-electron chi connectivity index (χ4n) is 7.41. The molecule has 3 heterocycles. The van der Waals surface area contributed by atoms with Crippen LogP contribution >= 0.6 is 0 Å². The van der Waals surface area contributed by atoms with E-state index in [0.29, 0.717) is 5.95 Å². The van der Waals surface area contributed by atoms with E-state index in [1.54, 1.807) is 0 Å². The van der Waals surface area contributed by atoms with Gasteiger partial charge in [0, 0.05) is 38.2 Å². The summed E-state index contributed by atoms with van der Waals surface area (Å²) in [6, 6.07) is 60.1. The number of hydrogen-bond donors (Lipinski definition) is 0. The Kier molecular flexibility index (Phi) is 5.84. The average molecular weight is 613 g/mol. The Morgan fingerprint density at radius 3 is 1.69 bits per heavy atom. The standard InChI is InChI=1S/C44H28N4/c1-3-13-29(14-4-1)30-23-25-32(26-24-30)47-38-21-11-8-17-33(38)34-27-28-40-41(43(34)47)36-19-9-12-22-39(36)48(40)44-45-37-20-10-7-18-35(37)42(46-44)31-15-5-2-6-16-31/h1-28H. The molecule has 224 valence electrons. The van der Waals surface area contributed by atoms with Gasteiger partial charge in [-0.1, -0.05) is 133 Å². The minimum atomic E-state index is 0.660. The SMILES string of the molecule is c1ccc(-c2ccc(-n3c4ccccc4c4ccc5c(c6ccccc6n5-c5nc(-c6ccccc6)c6ccccc6n5)c43)cc2)cc1. The Bertz CT molecular complexity index is 2810. The molecule has 0 radical (unpaired) electrons. The van der Waals surface area contributed by atoms with Crippen molar-refractivity contribution in [3.8, 4) is 34.0 Å². The lowest BCUT2D eigenvalue weighted by molar-refractivity contribution is 1.01. The zero-order valence-corrected chi connectivity index (χ0v) is 26.0. The number of aromatic nitrogens is 4. The van der Waals surface area contributed by atoms with Gasteiger partial charge < -0.3 is 4.57 Å². The second kappa shape index (κ2) is 10.5. The summed E-state index contributed by atoms with van der Waals surface area (Å²) in [4.78, 5) is 10.5. The van der Waals surface area contributed by atoms with Crippen LogP contribution in [0.15, 0.2) is 170 Å². The normalized spacial score (nSPS) is 11.8. The van der Waals surface area contributed by atoms with Crippen molar-refractivity contribution in [3.05, 3.63) is 170 Å². The Labute approximate surface area is 276 Å². The van der Waals surface area contributed by atoms with Crippen molar-refractivity contribution < 1.29 is 0 Å². The summed E-state index contributed by atoms with van der Waals surface area (Å²) >= 11 is 0. The Morgan fingerprint density at radius 2 is 0.938 bits per heavy atom. The van der Waals surface area contributed by atoms with Gasteiger partial charge in [-0.05, 0) is 47.5 Å². The maximum atomic E-state index is 5.30. The first-order valence-electron chi connectivity index (χ1n) is 16.3. The topological polar surface area (TPSA) is 35.6 Å². The Morgan fingerprint density at radius 1 is 0.354 bits per heavy atom. The summed E-state index contributed by atoms with van der Waals surface area (Å²) in [6.07, 6.45) is 0. The minimum absolute atomic E-state index is 0.660. The third-order valence-corrected chi connectivity index (χ3v) is 9.54. The van der Waals surface area contributed by atoms with Crippen LogP contribution in [-0.2, 0) is 0 Å². The monoisotopic (exact) mass is 612 g/mol. The molecule has 0 fully saturated rings. The quantitative estimate of drug-likeness (QED) is 0.198. The molecule has 10 rings (SSSR count). The lowest BCUT2D eigenvalue weighted by atomic mass is 10.1. The molecule has 0 aliphatic rings. The number of nitrogens with zero attached hydrogens (tertiary/aromatic N) is 4. The van der Waals surface area contributed by atoms with Crippen LogP contribution in [0.3, 0.4) is 0 Å². The Hall–Kier alpha value is -6.52. The molecule has 0 saturated heterocycles. The van der Waals surface area contributed by atoms with Crippen LogP contribution in [-0.4, -0.2) is 19.1 Å². The van der Waals surface area contributed by atoms with E-state index >= 15 is 0 Å². The highest BCUT2D eigenvalue weighted by molar-refractivity contribution is 6.26. The van der Waals surface area contributed by atoms with Gasteiger partial charge in [-0.2, -0.15) is 0 Å². The van der Waals surface area contributed by atoms with E-state index in [-0.39, 0.29) is 0 Å². The van der Waals surface area contributed by atoms with Gasteiger partial charge in [0.25, 0.3) is 0 Å². The molecule has 0 amide bonds. The molecular weight excluding hydrogens is 585 g/mol. The highest BCUT2D eigenvalue weighted by atomic mass is 15.2. The number of hydrogen-bond acceptors (Lipinski definition) is 2. The summed E-state index contributed by atoms with van der Waals surface area (Å²) in [5.41, 5.74) is 11.0. The van der Waals surface area contributed by atoms with Gasteiger partial charge in [0.1, 0.15) is 0 Å². The zero-order chi connectivity index (χ0) is 31.6. The predicted molar refractivity (Wildman–Crippen MR) is 199 cm³/mol. The molecule has 0 spiro atoms. The fraction of sp³-hybridized carbons (Fsp3) is 0. The summed E-state index contributed by atoms with van der Waals surface area (Å²) in [6.45, 7) is 0. The van der Waals surface area contributed by atoms with Crippen LogP contribution in [0.2, 0.25) is 0 Å². The van der Waals surface area contributed by atoms with Crippen LogP contribution in [0, 0.1) is 0 Å². The van der Waals surface area contributed by atoms with Crippen LogP contribution in [0.5, 0.6) is 0 Å². The van der Waals surface area contributed by atoms with E-state index < -0.39 is 0 Å². The lowest BCUT2D eigenvalue weighted by Crippen LogP contribution is -2.03. The smallest absolute Gasteiger partial charge is 0.235 e. The molecule has 0 saturated carbocycles. The molecule has 4 nitrogen and oxygen atoms in total. The van der Waals surface area contributed by atoms with Crippen molar-refractivity contribution >= 4 is 54.5 Å². The first-order chi connectivity index (χ1) is 23.8. The van der Waals surface area contributed by atoms with Gasteiger partial charge >= 0.3 is 0 Å². The van der Waals surface area contributed by atoms with Gasteiger partial charge in [0.15, 0.2) is 0 Å². The number of rotatable bonds is 4. The number of benzene rings is 7. The van der Waals surface area contributed by atoms with Crippen molar-refractivity contribution in [1.29, 1.82) is 0 Å². The maximum Gasteiger partial charge on any atom is 0.235 e. The van der Waals surface area contributed by atoms with E-state index in [1.165, 1.54) is 43.7 Å². The van der Waals surface area contributed by atoms with Gasteiger partial charge in [0.05, 0.1) is 33.3 Å². The first-order valence-corrected chi connectivity index (χ1v) is 16.3. The summed E-state index contributed by atoms with van der Waals surface area (Å²) in [5, 5.41) is 5.84. The maximum absolute atomic E-state index is 5.30. The van der Waals surface area contributed by atoms with Crippen LogP contribution in [0.1, 0.15) is 0 Å². The van der Waals surface area contributed by atoms with Crippen molar-refractivity contribution in [3.63, 3.8) is 0 Å². The van der Waals surface area contributed by atoms with E-state index in [9.17, 15) is 0 Å². The molecule has 0 aliphatic carbocycles. The summed E-state index contributed by atoms with van der Waals surface area (Å²) in [7, 11) is 0. The van der Waals surface area contributed by atoms with E-state index in [1.807, 2.05) is 12.1 Å². The lowest BCUT2D eigenvalue weighted by Gasteiger charge is -2.12. The molecule has 7 aromatic carbocycles. The largest absolute Gasteiger partial charge is 0.309 e. The Balaban J connectivity index is 1.30. The zero-order valence-electron chi connectivity index (χ0n) is 26.0. The molecule has 0 unspecified atom stereocenters. The first kappa shape index (κ1) is 26.7. The molecule has 0 N–H and O–H groups in total. The van der Waals surface area contributed by atoms with Crippen molar-refractivity contribution in [2.45, 2.75) is 0 Å². The van der Waals surface area contributed by atoms with Crippen molar-refractivity contribution in [1.82, 2.24) is 19.1 Å². The molecule has 0 atom stereocenters. The van der Waals surface area contributed by atoms with E-state index in [4.69, 9.17) is 9.97 Å². The summed E-state index contributed by atoms with van der Waals surface area (Å²) < 4.78 is 4.67. The predicted octanol–water partition coefficient (Wildman–Crippen LogP) is 11.2. The van der Waals surface area contributed by atoms with Gasteiger partial charge in [-0.25, -0.2) is 9.97 Å². The molecule has 4 heteroatoms. The second-order valence-electron chi connectivity index (χ2n) is 12.2. The van der Waals surface area contributed by atoms with E-state index in [0.717, 1.165) is 38.9 Å². The number of para-hydroxylation sites is 3. The molecule has 10 aromatic rings. The molecular formula is C44H28N4. The second-order valence-corrected chi connectivity index (χ2v) is 12.2. The van der Waals surface area contributed by atoms with Crippen LogP contribution in [0.25, 0.3) is 88.5 Å². The van der Waals surface area contributed by atoms with Gasteiger partial charge in [-0.3, -0.25) is 4.57 Å². The molecule has 3 aromatic heterocycles. The average Bonchev–Trinajstić information content (AvgIpc) is 3.68. The minimum Gasteiger partial charge on any atom is -0.309 e. The van der Waals surface area contributed by atoms with Crippen molar-refractivity contribution in [2.24, 2.45) is 0 Å². The third-order valence-electron chi connectivity index (χ3n) is 9.54. The van der Waals surface area contributed by atoms with Gasteiger partial charge in [0.2, 0.25) is 5.95 Å².